The van der Waals surface area contributed by atoms with Gasteiger partial charge in [-0.25, -0.2) is 0 Å². The molecule has 1 amide bonds. The zero-order valence-electron chi connectivity index (χ0n) is 14.2. The molecule has 1 aliphatic heterocycles. The quantitative estimate of drug-likeness (QED) is 0.842. The number of hydrogen-bond donors (Lipinski definition) is 1. The molecule has 1 heterocycles. The van der Waals surface area contributed by atoms with Crippen LogP contribution in [0.25, 0.3) is 0 Å². The first kappa shape index (κ1) is 16.8. The number of rotatable bonds is 5. The van der Waals surface area contributed by atoms with Crippen LogP contribution in [0, 0.1) is 17.8 Å². The molecule has 2 fully saturated rings. The molecule has 3 heteroatoms. The fourth-order valence-corrected chi connectivity index (χ4v) is 3.92. The largest absolute Gasteiger partial charge is 0.341 e. The van der Waals surface area contributed by atoms with Crippen LogP contribution < -0.4 is 5.32 Å². The maximum absolute atomic E-state index is 12.1. The Balaban J connectivity index is 1.85. The van der Waals surface area contributed by atoms with E-state index in [-0.39, 0.29) is 0 Å². The topological polar surface area (TPSA) is 32.3 Å². The molecule has 2 atom stereocenters. The minimum atomic E-state index is 0.324. The van der Waals surface area contributed by atoms with Crippen LogP contribution in [0.5, 0.6) is 0 Å². The number of carbonyl (C=O) groups is 1. The third-order valence-corrected chi connectivity index (χ3v) is 5.50. The number of hydrogen-bond acceptors (Lipinski definition) is 2. The third kappa shape index (κ3) is 4.98. The summed E-state index contributed by atoms with van der Waals surface area (Å²) in [6.07, 6.45) is 8.90. The van der Waals surface area contributed by atoms with Gasteiger partial charge in [-0.05, 0) is 43.6 Å². The van der Waals surface area contributed by atoms with Crippen LogP contribution >= 0.6 is 0 Å². The highest BCUT2D eigenvalue weighted by Crippen LogP contribution is 2.26. The zero-order valence-corrected chi connectivity index (χ0v) is 14.2. The van der Waals surface area contributed by atoms with Crippen molar-refractivity contribution in [2.24, 2.45) is 17.8 Å². The van der Waals surface area contributed by atoms with E-state index in [0.29, 0.717) is 30.2 Å². The van der Waals surface area contributed by atoms with E-state index >= 15 is 0 Å². The van der Waals surface area contributed by atoms with E-state index in [1.807, 2.05) is 6.92 Å². The van der Waals surface area contributed by atoms with Gasteiger partial charge in [-0.2, -0.15) is 0 Å². The van der Waals surface area contributed by atoms with E-state index in [9.17, 15) is 4.79 Å². The van der Waals surface area contributed by atoms with Crippen LogP contribution in [-0.4, -0.2) is 36.5 Å². The molecule has 0 bridgehead atoms. The van der Waals surface area contributed by atoms with Gasteiger partial charge in [-0.15, -0.1) is 0 Å². The Morgan fingerprint density at radius 1 is 1.19 bits per heavy atom. The number of amides is 1. The molecule has 0 aromatic rings. The van der Waals surface area contributed by atoms with Crippen molar-refractivity contribution in [1.82, 2.24) is 10.2 Å². The Hall–Kier alpha value is -0.570. The van der Waals surface area contributed by atoms with Gasteiger partial charge in [0.25, 0.3) is 0 Å². The van der Waals surface area contributed by atoms with Crippen molar-refractivity contribution in [3.8, 4) is 0 Å². The van der Waals surface area contributed by atoms with Crippen molar-refractivity contribution < 1.29 is 4.79 Å². The molecule has 0 radical (unpaired) electrons. The van der Waals surface area contributed by atoms with E-state index in [4.69, 9.17) is 0 Å². The Morgan fingerprint density at radius 3 is 2.52 bits per heavy atom. The number of likely N-dealkylation sites (tertiary alicyclic amines) is 1. The highest BCUT2D eigenvalue weighted by atomic mass is 16.2. The number of nitrogens with zero attached hydrogens (tertiary/aromatic N) is 1. The minimum absolute atomic E-state index is 0.324. The number of carbonyl (C=O) groups excluding carboxylic acids is 1. The van der Waals surface area contributed by atoms with Crippen molar-refractivity contribution in [3.63, 3.8) is 0 Å². The van der Waals surface area contributed by atoms with E-state index in [1.165, 1.54) is 38.5 Å². The Bertz CT molecular complexity index is 323. The second-order valence-corrected chi connectivity index (χ2v) is 7.50. The molecular formula is C18H34N2O. The zero-order chi connectivity index (χ0) is 15.2. The molecule has 0 spiro atoms. The lowest BCUT2D eigenvalue weighted by Gasteiger charge is -2.40. The van der Waals surface area contributed by atoms with E-state index in [1.54, 1.807) is 0 Å². The lowest BCUT2D eigenvalue weighted by atomic mass is 9.84. The summed E-state index contributed by atoms with van der Waals surface area (Å²) in [6.45, 7) is 9.61. The van der Waals surface area contributed by atoms with Crippen LogP contribution in [0.15, 0.2) is 0 Å². The molecule has 3 nitrogen and oxygen atoms in total. The lowest BCUT2D eigenvalue weighted by molar-refractivity contribution is -0.133. The van der Waals surface area contributed by atoms with Crippen molar-refractivity contribution in [2.75, 3.05) is 19.6 Å². The van der Waals surface area contributed by atoms with Crippen LogP contribution in [0.3, 0.4) is 0 Å². The average molecular weight is 294 g/mol. The van der Waals surface area contributed by atoms with Gasteiger partial charge in [0.1, 0.15) is 0 Å². The minimum Gasteiger partial charge on any atom is -0.341 e. The van der Waals surface area contributed by atoms with Crippen LogP contribution in [0.4, 0.5) is 0 Å². The highest BCUT2D eigenvalue weighted by Gasteiger charge is 2.31. The maximum atomic E-state index is 12.1. The second kappa shape index (κ2) is 8.17. The number of nitrogens with one attached hydrogen (secondary N) is 1. The lowest BCUT2D eigenvalue weighted by Crippen LogP contribution is -2.52. The SMILES string of the molecule is CCC(=O)N1CC(NCC2CCCCC2)CC(C(C)C)C1. The average Bonchev–Trinajstić information content (AvgIpc) is 2.52. The summed E-state index contributed by atoms with van der Waals surface area (Å²) < 4.78 is 0. The van der Waals surface area contributed by atoms with Crippen LogP contribution in [-0.2, 0) is 4.79 Å². The summed E-state index contributed by atoms with van der Waals surface area (Å²) in [4.78, 5) is 14.2. The summed E-state index contributed by atoms with van der Waals surface area (Å²) in [6, 6.07) is 0.503. The summed E-state index contributed by atoms with van der Waals surface area (Å²) in [5.41, 5.74) is 0. The molecule has 122 valence electrons. The van der Waals surface area contributed by atoms with E-state index in [0.717, 1.165) is 25.6 Å². The maximum Gasteiger partial charge on any atom is 0.222 e. The normalized spacial score (nSPS) is 28.1. The van der Waals surface area contributed by atoms with Crippen LogP contribution in [0.2, 0.25) is 0 Å². The first-order valence-electron chi connectivity index (χ1n) is 9.11. The van der Waals surface area contributed by atoms with Gasteiger partial charge >= 0.3 is 0 Å². The second-order valence-electron chi connectivity index (χ2n) is 7.50. The van der Waals surface area contributed by atoms with E-state index < -0.39 is 0 Å². The summed E-state index contributed by atoms with van der Waals surface area (Å²) in [5.74, 6) is 2.51. The molecule has 1 N–H and O–H groups in total. The van der Waals surface area contributed by atoms with Crippen LogP contribution in [0.1, 0.15) is 65.7 Å². The van der Waals surface area contributed by atoms with Crippen molar-refractivity contribution in [1.29, 1.82) is 0 Å². The molecule has 2 aliphatic rings. The molecule has 0 aromatic carbocycles. The van der Waals surface area contributed by atoms with Gasteiger partial charge in [-0.1, -0.05) is 40.0 Å². The molecule has 1 aliphatic carbocycles. The molecule has 1 saturated carbocycles. The number of piperidine rings is 1. The molecule has 1 saturated heterocycles. The first-order chi connectivity index (χ1) is 10.1. The highest BCUT2D eigenvalue weighted by molar-refractivity contribution is 5.76. The van der Waals surface area contributed by atoms with Gasteiger partial charge in [-0.3, -0.25) is 4.79 Å². The smallest absolute Gasteiger partial charge is 0.222 e. The third-order valence-electron chi connectivity index (χ3n) is 5.50. The predicted molar refractivity (Wildman–Crippen MR) is 88.2 cm³/mol. The van der Waals surface area contributed by atoms with Gasteiger partial charge in [0.05, 0.1) is 0 Å². The fourth-order valence-electron chi connectivity index (χ4n) is 3.92. The van der Waals surface area contributed by atoms with Gasteiger partial charge < -0.3 is 10.2 Å². The summed E-state index contributed by atoms with van der Waals surface area (Å²) in [5, 5.41) is 3.79. The van der Waals surface area contributed by atoms with Gasteiger partial charge in [0, 0.05) is 25.6 Å². The van der Waals surface area contributed by atoms with Crippen molar-refractivity contribution in [2.45, 2.75) is 71.8 Å². The molecule has 0 aromatic heterocycles. The standard InChI is InChI=1S/C18H34N2O/c1-4-18(21)20-12-16(14(2)3)10-17(13-20)19-11-15-8-6-5-7-9-15/h14-17,19H,4-13H2,1-3H3. The summed E-state index contributed by atoms with van der Waals surface area (Å²) >= 11 is 0. The van der Waals surface area contributed by atoms with Crippen molar-refractivity contribution in [3.05, 3.63) is 0 Å². The Labute approximate surface area is 130 Å². The van der Waals surface area contributed by atoms with Crippen molar-refractivity contribution >= 4 is 5.91 Å². The van der Waals surface area contributed by atoms with E-state index in [2.05, 4.69) is 24.1 Å². The Morgan fingerprint density at radius 2 is 1.90 bits per heavy atom. The fraction of sp³-hybridized carbons (Fsp3) is 0.944. The Kier molecular flexibility index (Phi) is 6.53. The molecule has 21 heavy (non-hydrogen) atoms. The van der Waals surface area contributed by atoms with Gasteiger partial charge in [0.2, 0.25) is 5.91 Å². The molecule has 2 rings (SSSR count). The summed E-state index contributed by atoms with van der Waals surface area (Å²) in [7, 11) is 0. The van der Waals surface area contributed by atoms with Gasteiger partial charge in [0.15, 0.2) is 0 Å². The molecule has 2 unspecified atom stereocenters. The molecular weight excluding hydrogens is 260 g/mol. The predicted octanol–water partition coefficient (Wildman–Crippen LogP) is 3.44. The first-order valence-corrected chi connectivity index (χ1v) is 9.11. The monoisotopic (exact) mass is 294 g/mol.